The number of nitrogen functional groups attached to an aromatic ring is 1. The molecule has 2 aromatic rings. The van der Waals surface area contributed by atoms with Gasteiger partial charge in [-0.2, -0.15) is 0 Å². The van der Waals surface area contributed by atoms with Crippen LogP contribution in [0.1, 0.15) is 10.4 Å². The first-order chi connectivity index (χ1) is 8.74. The van der Waals surface area contributed by atoms with Crippen LogP contribution in [0.15, 0.2) is 54.6 Å². The summed E-state index contributed by atoms with van der Waals surface area (Å²) in [4.78, 5) is 12.4. The maximum absolute atomic E-state index is 12.4. The van der Waals surface area contributed by atoms with Crippen molar-refractivity contribution in [3.63, 3.8) is 0 Å². The van der Waals surface area contributed by atoms with Crippen molar-refractivity contribution < 1.29 is 4.79 Å². The Morgan fingerprint density at radius 3 is 2.28 bits per heavy atom. The third-order valence-corrected chi connectivity index (χ3v) is 2.63. The topological polar surface area (TPSA) is 58.4 Å². The van der Waals surface area contributed by atoms with Crippen LogP contribution in [-0.4, -0.2) is 13.0 Å². The minimum Gasteiger partial charge on any atom is -0.398 e. The first-order valence-corrected chi connectivity index (χ1v) is 5.65. The second-order valence-corrected chi connectivity index (χ2v) is 3.79. The number of benzene rings is 2. The summed E-state index contributed by atoms with van der Waals surface area (Å²) in [6.07, 6.45) is 0. The number of carbonyl (C=O) groups excluding carboxylic acids is 1. The zero-order chi connectivity index (χ0) is 13.0. The molecule has 0 saturated carbocycles. The van der Waals surface area contributed by atoms with E-state index in [0.717, 1.165) is 5.69 Å². The molecule has 0 unspecified atom stereocenters. The van der Waals surface area contributed by atoms with Crippen molar-refractivity contribution >= 4 is 17.3 Å². The lowest BCUT2D eigenvalue weighted by Gasteiger charge is -2.21. The van der Waals surface area contributed by atoms with Gasteiger partial charge in [-0.25, -0.2) is 10.4 Å². The number of hydrogen-bond acceptors (Lipinski definition) is 3. The Morgan fingerprint density at radius 2 is 1.67 bits per heavy atom. The largest absolute Gasteiger partial charge is 0.398 e. The molecular formula is C14H15N3O. The maximum atomic E-state index is 12.4. The molecule has 0 aliphatic rings. The maximum Gasteiger partial charge on any atom is 0.274 e. The molecular weight excluding hydrogens is 226 g/mol. The molecule has 0 spiro atoms. The summed E-state index contributed by atoms with van der Waals surface area (Å²) in [7, 11) is 1.70. The van der Waals surface area contributed by atoms with Gasteiger partial charge in [-0.05, 0) is 24.3 Å². The fraction of sp³-hybridized carbons (Fsp3) is 0.0714. The van der Waals surface area contributed by atoms with E-state index in [1.165, 1.54) is 5.01 Å². The summed E-state index contributed by atoms with van der Waals surface area (Å²) in [6, 6.07) is 16.4. The fourth-order valence-corrected chi connectivity index (χ4v) is 1.74. The number of rotatable bonds is 3. The SMILES string of the molecule is CNN(C(=O)c1ccccc1N)c1ccccc1. The third-order valence-electron chi connectivity index (χ3n) is 2.63. The van der Waals surface area contributed by atoms with Crippen molar-refractivity contribution in [3.8, 4) is 0 Å². The molecule has 2 aromatic carbocycles. The van der Waals surface area contributed by atoms with E-state index in [9.17, 15) is 4.79 Å². The number of para-hydroxylation sites is 2. The lowest BCUT2D eigenvalue weighted by molar-refractivity contribution is 0.0978. The first-order valence-electron chi connectivity index (χ1n) is 5.65. The number of carbonyl (C=O) groups is 1. The molecule has 92 valence electrons. The Balaban J connectivity index is 2.35. The quantitative estimate of drug-likeness (QED) is 0.638. The molecule has 2 rings (SSSR count). The lowest BCUT2D eigenvalue weighted by atomic mass is 10.1. The van der Waals surface area contributed by atoms with Crippen molar-refractivity contribution in [1.29, 1.82) is 0 Å². The average molecular weight is 241 g/mol. The van der Waals surface area contributed by atoms with Gasteiger partial charge in [-0.3, -0.25) is 4.79 Å². The van der Waals surface area contributed by atoms with Crippen LogP contribution in [0, 0.1) is 0 Å². The van der Waals surface area contributed by atoms with Gasteiger partial charge in [0, 0.05) is 12.7 Å². The molecule has 3 N–H and O–H groups in total. The smallest absolute Gasteiger partial charge is 0.274 e. The van der Waals surface area contributed by atoms with Gasteiger partial charge in [-0.1, -0.05) is 30.3 Å². The summed E-state index contributed by atoms with van der Waals surface area (Å²) in [5.41, 5.74) is 10.4. The zero-order valence-corrected chi connectivity index (χ0v) is 10.1. The number of amides is 1. The number of hydrogen-bond donors (Lipinski definition) is 2. The van der Waals surface area contributed by atoms with E-state index in [1.807, 2.05) is 30.3 Å². The Hall–Kier alpha value is -2.33. The van der Waals surface area contributed by atoms with Crippen LogP contribution in [0.2, 0.25) is 0 Å². The van der Waals surface area contributed by atoms with Crippen molar-refractivity contribution in [2.75, 3.05) is 17.8 Å². The number of nitrogens with zero attached hydrogens (tertiary/aromatic N) is 1. The van der Waals surface area contributed by atoms with Gasteiger partial charge in [0.05, 0.1) is 11.3 Å². The van der Waals surface area contributed by atoms with E-state index >= 15 is 0 Å². The van der Waals surface area contributed by atoms with Crippen LogP contribution in [0.25, 0.3) is 0 Å². The molecule has 0 saturated heterocycles. The number of anilines is 2. The van der Waals surface area contributed by atoms with Crippen molar-refractivity contribution in [2.24, 2.45) is 0 Å². The van der Waals surface area contributed by atoms with Gasteiger partial charge >= 0.3 is 0 Å². The highest BCUT2D eigenvalue weighted by molar-refractivity contribution is 6.08. The molecule has 0 atom stereocenters. The Labute approximate surface area is 106 Å². The second kappa shape index (κ2) is 5.33. The van der Waals surface area contributed by atoms with E-state index in [2.05, 4.69) is 5.43 Å². The Bertz CT molecular complexity index is 540. The molecule has 0 aromatic heterocycles. The molecule has 0 fully saturated rings. The van der Waals surface area contributed by atoms with Gasteiger partial charge in [0.1, 0.15) is 0 Å². The normalized spacial score (nSPS) is 10.1. The average Bonchev–Trinajstić information content (AvgIpc) is 2.41. The first kappa shape index (κ1) is 12.1. The Kier molecular flexibility index (Phi) is 3.60. The number of nitrogens with one attached hydrogen (secondary N) is 1. The van der Waals surface area contributed by atoms with Crippen LogP contribution in [-0.2, 0) is 0 Å². The highest BCUT2D eigenvalue weighted by Crippen LogP contribution is 2.18. The molecule has 0 aliphatic heterocycles. The molecule has 4 nitrogen and oxygen atoms in total. The zero-order valence-electron chi connectivity index (χ0n) is 10.1. The molecule has 4 heteroatoms. The molecule has 0 aliphatic carbocycles. The van der Waals surface area contributed by atoms with Gasteiger partial charge < -0.3 is 5.73 Å². The van der Waals surface area contributed by atoms with E-state index in [0.29, 0.717) is 11.3 Å². The number of nitrogens with two attached hydrogens (primary N) is 1. The lowest BCUT2D eigenvalue weighted by Crippen LogP contribution is -2.41. The van der Waals surface area contributed by atoms with Gasteiger partial charge in [0.2, 0.25) is 0 Å². The van der Waals surface area contributed by atoms with Crippen molar-refractivity contribution in [3.05, 3.63) is 60.2 Å². The third kappa shape index (κ3) is 2.33. The minimum atomic E-state index is -0.179. The van der Waals surface area contributed by atoms with Crippen LogP contribution in [0.3, 0.4) is 0 Å². The van der Waals surface area contributed by atoms with E-state index < -0.39 is 0 Å². The van der Waals surface area contributed by atoms with Gasteiger partial charge in [0.25, 0.3) is 5.91 Å². The fourth-order valence-electron chi connectivity index (χ4n) is 1.74. The van der Waals surface area contributed by atoms with Crippen LogP contribution >= 0.6 is 0 Å². The van der Waals surface area contributed by atoms with Crippen molar-refractivity contribution in [1.82, 2.24) is 5.43 Å². The molecule has 18 heavy (non-hydrogen) atoms. The summed E-state index contributed by atoms with van der Waals surface area (Å²) < 4.78 is 0. The minimum absolute atomic E-state index is 0.179. The van der Waals surface area contributed by atoms with E-state index in [4.69, 9.17) is 5.73 Å². The van der Waals surface area contributed by atoms with E-state index in [-0.39, 0.29) is 5.91 Å². The van der Waals surface area contributed by atoms with Gasteiger partial charge in [-0.15, -0.1) is 0 Å². The summed E-state index contributed by atoms with van der Waals surface area (Å²) in [5, 5.41) is 1.46. The Morgan fingerprint density at radius 1 is 1.06 bits per heavy atom. The van der Waals surface area contributed by atoms with Gasteiger partial charge in [0.15, 0.2) is 0 Å². The molecule has 0 bridgehead atoms. The second-order valence-electron chi connectivity index (χ2n) is 3.79. The summed E-state index contributed by atoms with van der Waals surface area (Å²) in [5.74, 6) is -0.179. The predicted molar refractivity (Wildman–Crippen MR) is 73.2 cm³/mol. The molecule has 0 radical (unpaired) electrons. The standard InChI is InChI=1S/C14H15N3O/c1-16-17(11-7-3-2-4-8-11)14(18)12-9-5-6-10-13(12)15/h2-10,16H,15H2,1H3. The van der Waals surface area contributed by atoms with Crippen LogP contribution in [0.4, 0.5) is 11.4 Å². The molecule has 0 heterocycles. The summed E-state index contributed by atoms with van der Waals surface area (Å²) in [6.45, 7) is 0. The highest BCUT2D eigenvalue weighted by atomic mass is 16.2. The predicted octanol–water partition coefficient (Wildman–Crippen LogP) is 2.05. The molecule has 1 amide bonds. The monoisotopic (exact) mass is 241 g/mol. The van der Waals surface area contributed by atoms with Crippen LogP contribution in [0.5, 0.6) is 0 Å². The highest BCUT2D eigenvalue weighted by Gasteiger charge is 2.17. The van der Waals surface area contributed by atoms with Crippen LogP contribution < -0.4 is 16.2 Å². The summed E-state index contributed by atoms with van der Waals surface area (Å²) >= 11 is 0. The van der Waals surface area contributed by atoms with E-state index in [1.54, 1.807) is 31.3 Å². The van der Waals surface area contributed by atoms with Crippen molar-refractivity contribution in [2.45, 2.75) is 0 Å². The number of hydrazine groups is 1.